The Morgan fingerprint density at radius 2 is 1.57 bits per heavy atom. The number of carbonyl (C=O) groups excluding carboxylic acids is 1. The number of fused-ring (bicyclic) bond motifs is 7. The van der Waals surface area contributed by atoms with Crippen LogP contribution in [0.3, 0.4) is 0 Å². The minimum atomic E-state index is -0.391. The van der Waals surface area contributed by atoms with Crippen LogP contribution < -0.4 is 0 Å². The molecule has 0 amide bonds. The van der Waals surface area contributed by atoms with Crippen LogP contribution in [0.25, 0.3) is 0 Å². The molecule has 0 spiro atoms. The topological polar surface area (TPSA) is 73.2 Å². The maximum atomic E-state index is 14.3. The van der Waals surface area contributed by atoms with Gasteiger partial charge in [-0.25, -0.2) is 0 Å². The summed E-state index contributed by atoms with van der Waals surface area (Å²) in [7, 11) is 0. The number of esters is 1. The van der Waals surface area contributed by atoms with E-state index in [-0.39, 0.29) is 46.3 Å². The number of allylic oxidation sites excluding steroid dienone is 2. The zero-order chi connectivity index (χ0) is 31.7. The Balaban J connectivity index is 1.24. The van der Waals surface area contributed by atoms with Crippen LogP contribution in [0.5, 0.6) is 0 Å². The van der Waals surface area contributed by atoms with Gasteiger partial charge in [0.05, 0.1) is 18.1 Å². The minimum absolute atomic E-state index is 0.0367. The summed E-state index contributed by atoms with van der Waals surface area (Å²) >= 11 is 0. The Kier molecular flexibility index (Phi) is 8.72. The number of hydrogen-bond donors (Lipinski definition) is 2. The molecule has 1 heterocycles. The van der Waals surface area contributed by atoms with Gasteiger partial charge >= 0.3 is 5.97 Å². The summed E-state index contributed by atoms with van der Waals surface area (Å²) in [6.45, 7) is 23.5. The molecule has 4 saturated carbocycles. The zero-order valence-corrected chi connectivity index (χ0v) is 29.2. The van der Waals surface area contributed by atoms with Crippen LogP contribution in [0.2, 0.25) is 0 Å². The van der Waals surface area contributed by atoms with E-state index in [0.29, 0.717) is 30.3 Å². The van der Waals surface area contributed by atoms with Crippen LogP contribution in [0, 0.1) is 56.7 Å². The van der Waals surface area contributed by atoms with Crippen LogP contribution >= 0.6 is 0 Å². The Bertz CT molecular complexity index is 1110. The molecule has 0 aromatic heterocycles. The average Bonchev–Trinajstić information content (AvgIpc) is 2.98. The van der Waals surface area contributed by atoms with Crippen LogP contribution in [0.15, 0.2) is 11.6 Å². The van der Waals surface area contributed by atoms with E-state index < -0.39 is 5.41 Å². The quantitative estimate of drug-likeness (QED) is 0.277. The predicted molar refractivity (Wildman–Crippen MR) is 176 cm³/mol. The normalized spacial score (nSPS) is 47.4. The van der Waals surface area contributed by atoms with Gasteiger partial charge in [0.25, 0.3) is 0 Å². The summed E-state index contributed by atoms with van der Waals surface area (Å²) < 4.78 is 6.28. The van der Waals surface area contributed by atoms with Crippen LogP contribution in [-0.4, -0.2) is 84.6 Å². The minimum Gasteiger partial charge on any atom is -0.464 e. The number of carbonyl (C=O) groups is 1. The molecule has 6 heteroatoms. The average molecular weight is 613 g/mol. The largest absolute Gasteiger partial charge is 0.464 e. The molecular weight excluding hydrogens is 548 g/mol. The highest BCUT2D eigenvalue weighted by molar-refractivity contribution is 5.79. The van der Waals surface area contributed by atoms with Gasteiger partial charge in [-0.1, -0.05) is 60.1 Å². The van der Waals surface area contributed by atoms with E-state index in [1.54, 1.807) is 5.57 Å². The van der Waals surface area contributed by atoms with Gasteiger partial charge < -0.3 is 14.9 Å². The van der Waals surface area contributed by atoms with Crippen molar-refractivity contribution in [2.45, 2.75) is 112 Å². The van der Waals surface area contributed by atoms with Gasteiger partial charge in [0.15, 0.2) is 0 Å². The second kappa shape index (κ2) is 11.6. The Hall–Kier alpha value is -0.950. The fourth-order valence-electron chi connectivity index (χ4n) is 12.6. The highest BCUT2D eigenvalue weighted by atomic mass is 16.5. The van der Waals surface area contributed by atoms with E-state index in [2.05, 4.69) is 64.3 Å². The molecular formula is C38H64N2O4. The fourth-order valence-corrected chi connectivity index (χ4v) is 12.6. The molecule has 5 fully saturated rings. The van der Waals surface area contributed by atoms with Gasteiger partial charge in [-0.15, -0.1) is 0 Å². The molecule has 250 valence electrons. The molecule has 0 unspecified atom stereocenters. The lowest BCUT2D eigenvalue weighted by atomic mass is 9.33. The van der Waals surface area contributed by atoms with E-state index >= 15 is 0 Å². The van der Waals surface area contributed by atoms with E-state index in [1.807, 2.05) is 0 Å². The molecule has 0 bridgehead atoms. The van der Waals surface area contributed by atoms with Crippen molar-refractivity contribution in [2.75, 3.05) is 52.5 Å². The number of hydrogen-bond acceptors (Lipinski definition) is 6. The number of nitrogens with zero attached hydrogens (tertiary/aromatic N) is 2. The SMILES string of the molecule is C[C@H]1[C@H](C)CC[C@]2(C(=O)OCCN3CCN(CCO)CC3)CC[C@]3(C)C(=CC[C@@H]4[C@@]5(C)CC[C@H](O)C(C)(C)[C@@H]5CC[C@]43C)[C@H]12. The van der Waals surface area contributed by atoms with Gasteiger partial charge in [-0.05, 0) is 109 Å². The Morgan fingerprint density at radius 1 is 0.886 bits per heavy atom. The van der Waals surface area contributed by atoms with E-state index in [1.165, 1.54) is 12.8 Å². The molecule has 5 aliphatic carbocycles. The first-order valence-corrected chi connectivity index (χ1v) is 18.4. The molecule has 2 N–H and O–H groups in total. The molecule has 6 aliphatic rings. The summed E-state index contributed by atoms with van der Waals surface area (Å²) in [5.41, 5.74) is 1.72. The highest BCUT2D eigenvalue weighted by Gasteiger charge is 2.69. The van der Waals surface area contributed by atoms with Crippen molar-refractivity contribution >= 4 is 5.97 Å². The van der Waals surface area contributed by atoms with Crippen molar-refractivity contribution in [3.63, 3.8) is 0 Å². The monoisotopic (exact) mass is 612 g/mol. The lowest BCUT2D eigenvalue weighted by molar-refractivity contribution is -0.207. The smallest absolute Gasteiger partial charge is 0.312 e. The summed E-state index contributed by atoms with van der Waals surface area (Å²) in [5.74, 6) is 2.60. The van der Waals surface area contributed by atoms with Crippen molar-refractivity contribution in [3.05, 3.63) is 11.6 Å². The van der Waals surface area contributed by atoms with Crippen molar-refractivity contribution in [1.82, 2.24) is 9.80 Å². The lowest BCUT2D eigenvalue weighted by Crippen LogP contribution is -2.65. The molecule has 6 nitrogen and oxygen atoms in total. The summed E-state index contributed by atoms with van der Waals surface area (Å²) in [6.07, 6.45) is 12.2. The van der Waals surface area contributed by atoms with Gasteiger partial charge in [0.2, 0.25) is 0 Å². The Labute approximate surface area is 268 Å². The van der Waals surface area contributed by atoms with E-state index in [9.17, 15) is 15.0 Å². The summed E-state index contributed by atoms with van der Waals surface area (Å²) in [5, 5.41) is 20.3. The Morgan fingerprint density at radius 3 is 2.25 bits per heavy atom. The first kappa shape index (κ1) is 33.0. The van der Waals surface area contributed by atoms with E-state index in [4.69, 9.17) is 4.74 Å². The molecule has 0 aromatic rings. The fraction of sp³-hybridized carbons (Fsp3) is 0.921. The van der Waals surface area contributed by atoms with E-state index in [0.717, 1.165) is 84.2 Å². The standard InChI is InChI=1S/C38H64N2O4/c1-26-10-15-38(33(43)44-25-23-40-20-18-39(19-21-40)22-24-41)17-16-36(6)28(32(38)27(26)2)8-9-30-35(5)13-12-31(42)34(3,4)29(35)11-14-37(30,36)7/h8,26-27,29-32,41-42H,9-25H2,1-7H3/t26-,27+,29+,30-,31+,32+,35+,36-,37-,38+/m1/s1. The third kappa shape index (κ3) is 4.81. The van der Waals surface area contributed by atoms with Crippen molar-refractivity contribution in [2.24, 2.45) is 56.7 Å². The molecule has 1 aliphatic heterocycles. The first-order valence-electron chi connectivity index (χ1n) is 18.4. The maximum absolute atomic E-state index is 14.3. The van der Waals surface area contributed by atoms with Crippen molar-refractivity contribution in [3.8, 4) is 0 Å². The third-order valence-electron chi connectivity index (χ3n) is 15.9. The van der Waals surface area contributed by atoms with Crippen molar-refractivity contribution < 1.29 is 19.7 Å². The van der Waals surface area contributed by atoms with Gasteiger partial charge in [-0.3, -0.25) is 14.6 Å². The first-order chi connectivity index (χ1) is 20.7. The number of rotatable bonds is 6. The third-order valence-corrected chi connectivity index (χ3v) is 15.9. The molecule has 6 rings (SSSR count). The molecule has 0 aromatic carbocycles. The molecule has 1 saturated heterocycles. The lowest BCUT2D eigenvalue weighted by Gasteiger charge is -2.71. The van der Waals surface area contributed by atoms with Gasteiger partial charge in [-0.2, -0.15) is 0 Å². The zero-order valence-electron chi connectivity index (χ0n) is 29.2. The number of aliphatic hydroxyl groups is 2. The number of aliphatic hydroxyl groups excluding tert-OH is 2. The molecule has 0 radical (unpaired) electrons. The maximum Gasteiger partial charge on any atom is 0.312 e. The number of piperazine rings is 1. The number of ether oxygens (including phenoxy) is 1. The second-order valence-electron chi connectivity index (χ2n) is 17.7. The van der Waals surface area contributed by atoms with Gasteiger partial charge in [0.1, 0.15) is 6.61 Å². The molecule has 44 heavy (non-hydrogen) atoms. The summed E-state index contributed by atoms with van der Waals surface area (Å²) in [6, 6.07) is 0. The molecule has 10 atom stereocenters. The van der Waals surface area contributed by atoms with Crippen LogP contribution in [0.1, 0.15) is 106 Å². The van der Waals surface area contributed by atoms with Crippen LogP contribution in [-0.2, 0) is 9.53 Å². The summed E-state index contributed by atoms with van der Waals surface area (Å²) in [4.78, 5) is 19.1. The second-order valence-corrected chi connectivity index (χ2v) is 17.7. The predicted octanol–water partition coefficient (Wildman–Crippen LogP) is 6.16. The van der Waals surface area contributed by atoms with Crippen LogP contribution in [0.4, 0.5) is 0 Å². The van der Waals surface area contributed by atoms with Gasteiger partial charge in [0, 0.05) is 39.3 Å². The highest BCUT2D eigenvalue weighted by Crippen LogP contribution is 2.75. The number of β-amino-alcohol motifs (C(OH)–C–C–N with tert-alkyl or cyclic N) is 1. The van der Waals surface area contributed by atoms with Crippen molar-refractivity contribution in [1.29, 1.82) is 0 Å².